The van der Waals surface area contributed by atoms with Crippen LogP contribution in [0.25, 0.3) is 0 Å². The van der Waals surface area contributed by atoms with Gasteiger partial charge in [0, 0.05) is 20.2 Å². The maximum Gasteiger partial charge on any atom is 0.119 e. The Balaban J connectivity index is 2.20. The quantitative estimate of drug-likeness (QED) is 0.641. The van der Waals surface area contributed by atoms with Crippen molar-refractivity contribution in [2.45, 2.75) is 13.3 Å². The molecule has 1 aromatic rings. The summed E-state index contributed by atoms with van der Waals surface area (Å²) < 4.78 is 10.7. The number of nitrogens with zero attached hydrogens (tertiary/aromatic N) is 2. The van der Waals surface area contributed by atoms with Crippen molar-refractivity contribution in [1.29, 1.82) is 5.26 Å². The number of likely N-dealkylation sites (N-methyl/N-ethyl adjacent to an activating group) is 1. The minimum absolute atomic E-state index is 0.657. The number of rotatable bonds is 9. The van der Waals surface area contributed by atoms with Crippen molar-refractivity contribution in [3.05, 3.63) is 29.8 Å². The monoisotopic (exact) mass is 262 g/mol. The van der Waals surface area contributed by atoms with Crippen molar-refractivity contribution in [2.24, 2.45) is 0 Å². The molecule has 0 atom stereocenters. The fourth-order valence-corrected chi connectivity index (χ4v) is 1.75. The average molecular weight is 262 g/mol. The van der Waals surface area contributed by atoms with E-state index in [9.17, 15) is 0 Å². The van der Waals surface area contributed by atoms with Gasteiger partial charge in [-0.2, -0.15) is 5.26 Å². The van der Waals surface area contributed by atoms with Crippen molar-refractivity contribution in [2.75, 3.05) is 40.0 Å². The number of methoxy groups -OCH3 is 1. The smallest absolute Gasteiger partial charge is 0.119 e. The zero-order valence-electron chi connectivity index (χ0n) is 11.8. The number of ether oxygens (including phenoxy) is 2. The molecule has 0 aliphatic rings. The second-order valence-electron chi connectivity index (χ2n) is 4.27. The molecule has 1 rings (SSSR count). The van der Waals surface area contributed by atoms with Crippen molar-refractivity contribution in [1.82, 2.24) is 4.90 Å². The van der Waals surface area contributed by atoms with E-state index >= 15 is 0 Å². The van der Waals surface area contributed by atoms with Crippen LogP contribution in [-0.4, -0.2) is 44.9 Å². The normalized spacial score (nSPS) is 10.4. The van der Waals surface area contributed by atoms with Gasteiger partial charge in [-0.15, -0.1) is 0 Å². The van der Waals surface area contributed by atoms with Gasteiger partial charge in [0.05, 0.1) is 24.8 Å². The van der Waals surface area contributed by atoms with Crippen molar-refractivity contribution >= 4 is 0 Å². The van der Waals surface area contributed by atoms with Crippen LogP contribution in [0.3, 0.4) is 0 Å². The summed E-state index contributed by atoms with van der Waals surface area (Å²) >= 11 is 0. The first-order valence-corrected chi connectivity index (χ1v) is 6.64. The second kappa shape index (κ2) is 9.37. The van der Waals surface area contributed by atoms with Crippen LogP contribution in [0.15, 0.2) is 24.3 Å². The molecule has 0 saturated carbocycles. The Hall–Kier alpha value is -1.57. The molecule has 4 heteroatoms. The van der Waals surface area contributed by atoms with Crippen molar-refractivity contribution < 1.29 is 9.47 Å². The first-order chi connectivity index (χ1) is 9.30. The standard InChI is InChI=1S/C15H22N2O2/c1-3-17(10-12-18-2)9-4-11-19-15-7-5-14(13-16)6-8-15/h5-8H,3-4,9-12H2,1-2H3. The highest BCUT2D eigenvalue weighted by molar-refractivity contribution is 5.34. The highest BCUT2D eigenvalue weighted by Gasteiger charge is 2.01. The maximum atomic E-state index is 8.70. The largest absolute Gasteiger partial charge is 0.494 e. The molecule has 0 radical (unpaired) electrons. The number of hydrogen-bond donors (Lipinski definition) is 0. The van der Waals surface area contributed by atoms with E-state index in [1.807, 2.05) is 12.1 Å². The Bertz CT molecular complexity index is 384. The molecular formula is C15H22N2O2. The highest BCUT2D eigenvalue weighted by Crippen LogP contribution is 2.11. The molecule has 0 fully saturated rings. The average Bonchev–Trinajstić information content (AvgIpc) is 2.47. The molecule has 104 valence electrons. The summed E-state index contributed by atoms with van der Waals surface area (Å²) in [6.07, 6.45) is 0.984. The van der Waals surface area contributed by atoms with Gasteiger partial charge in [0.2, 0.25) is 0 Å². The fraction of sp³-hybridized carbons (Fsp3) is 0.533. The van der Waals surface area contributed by atoms with E-state index < -0.39 is 0 Å². The lowest BCUT2D eigenvalue weighted by molar-refractivity contribution is 0.146. The van der Waals surface area contributed by atoms with Gasteiger partial charge in [0.1, 0.15) is 5.75 Å². The van der Waals surface area contributed by atoms with E-state index in [1.54, 1.807) is 19.2 Å². The molecule has 4 nitrogen and oxygen atoms in total. The van der Waals surface area contributed by atoms with Crippen LogP contribution in [0.2, 0.25) is 0 Å². The Kier molecular flexibility index (Phi) is 7.64. The van der Waals surface area contributed by atoms with Gasteiger partial charge in [-0.1, -0.05) is 6.92 Å². The molecule has 0 saturated heterocycles. The number of hydrogen-bond acceptors (Lipinski definition) is 4. The molecule has 0 aliphatic heterocycles. The van der Waals surface area contributed by atoms with Crippen molar-refractivity contribution in [3.8, 4) is 11.8 Å². The van der Waals surface area contributed by atoms with Gasteiger partial charge in [-0.25, -0.2) is 0 Å². The zero-order chi connectivity index (χ0) is 13.9. The third kappa shape index (κ3) is 6.23. The summed E-state index contributed by atoms with van der Waals surface area (Å²) in [5.74, 6) is 0.818. The number of benzene rings is 1. The first kappa shape index (κ1) is 15.5. The zero-order valence-corrected chi connectivity index (χ0v) is 11.8. The van der Waals surface area contributed by atoms with E-state index in [-0.39, 0.29) is 0 Å². The van der Waals surface area contributed by atoms with Gasteiger partial charge in [0.25, 0.3) is 0 Å². The van der Waals surface area contributed by atoms with E-state index in [4.69, 9.17) is 14.7 Å². The van der Waals surface area contributed by atoms with Crippen LogP contribution in [0, 0.1) is 11.3 Å². The lowest BCUT2D eigenvalue weighted by atomic mass is 10.2. The van der Waals surface area contributed by atoms with Crippen LogP contribution in [0.1, 0.15) is 18.9 Å². The number of nitriles is 1. The minimum Gasteiger partial charge on any atom is -0.494 e. The molecule has 1 aromatic carbocycles. The van der Waals surface area contributed by atoms with Crippen molar-refractivity contribution in [3.63, 3.8) is 0 Å². The highest BCUT2D eigenvalue weighted by atomic mass is 16.5. The van der Waals surface area contributed by atoms with Gasteiger partial charge in [-0.3, -0.25) is 0 Å². The molecule has 0 N–H and O–H groups in total. The predicted octanol–water partition coefficient (Wildman–Crippen LogP) is 2.30. The molecule has 19 heavy (non-hydrogen) atoms. The Morgan fingerprint density at radius 2 is 1.89 bits per heavy atom. The van der Waals surface area contributed by atoms with E-state index in [0.29, 0.717) is 12.2 Å². The topological polar surface area (TPSA) is 45.5 Å². The van der Waals surface area contributed by atoms with Crippen LogP contribution in [0.4, 0.5) is 0 Å². The molecule has 0 amide bonds. The SMILES string of the molecule is CCN(CCCOc1ccc(C#N)cc1)CCOC. The maximum absolute atomic E-state index is 8.70. The van der Waals surface area contributed by atoms with Crippen LogP contribution in [0.5, 0.6) is 5.75 Å². The molecule has 0 unspecified atom stereocenters. The molecule has 0 bridgehead atoms. The summed E-state index contributed by atoms with van der Waals surface area (Å²) in [6.45, 7) is 6.61. The van der Waals surface area contributed by atoms with E-state index in [2.05, 4.69) is 17.9 Å². The molecule has 0 heterocycles. The second-order valence-corrected chi connectivity index (χ2v) is 4.27. The molecular weight excluding hydrogens is 240 g/mol. The minimum atomic E-state index is 0.657. The molecule has 0 aliphatic carbocycles. The van der Waals surface area contributed by atoms with E-state index in [1.165, 1.54) is 0 Å². The molecule has 0 spiro atoms. The summed E-state index contributed by atoms with van der Waals surface area (Å²) in [5, 5.41) is 8.70. The third-order valence-electron chi connectivity index (χ3n) is 2.93. The van der Waals surface area contributed by atoms with E-state index in [0.717, 1.165) is 38.4 Å². The van der Waals surface area contributed by atoms with Gasteiger partial charge in [-0.05, 0) is 37.2 Å². The van der Waals surface area contributed by atoms with Gasteiger partial charge < -0.3 is 14.4 Å². The van der Waals surface area contributed by atoms with Crippen LogP contribution < -0.4 is 4.74 Å². The Labute approximate surface area is 115 Å². The Morgan fingerprint density at radius 3 is 2.47 bits per heavy atom. The summed E-state index contributed by atoms with van der Waals surface area (Å²) in [7, 11) is 1.72. The van der Waals surface area contributed by atoms with Crippen LogP contribution >= 0.6 is 0 Å². The predicted molar refractivity (Wildman–Crippen MR) is 75.3 cm³/mol. The van der Waals surface area contributed by atoms with Gasteiger partial charge >= 0.3 is 0 Å². The van der Waals surface area contributed by atoms with Gasteiger partial charge in [0.15, 0.2) is 0 Å². The first-order valence-electron chi connectivity index (χ1n) is 6.64. The summed E-state index contributed by atoms with van der Waals surface area (Å²) in [5.41, 5.74) is 0.657. The lowest BCUT2D eigenvalue weighted by Gasteiger charge is -2.19. The fourth-order valence-electron chi connectivity index (χ4n) is 1.75. The summed E-state index contributed by atoms with van der Waals surface area (Å²) in [6, 6.07) is 9.30. The Morgan fingerprint density at radius 1 is 1.16 bits per heavy atom. The lowest BCUT2D eigenvalue weighted by Crippen LogP contribution is -2.29. The van der Waals surface area contributed by atoms with Crippen LogP contribution in [-0.2, 0) is 4.74 Å². The molecule has 0 aromatic heterocycles. The summed E-state index contributed by atoms with van der Waals surface area (Å²) in [4.78, 5) is 2.34. The third-order valence-corrected chi connectivity index (χ3v) is 2.93.